The predicted octanol–water partition coefficient (Wildman–Crippen LogP) is 9.83. The molecule has 5 heteroatoms. The molecule has 0 fully saturated rings. The third-order valence-electron chi connectivity index (χ3n) is 9.08. The van der Waals surface area contributed by atoms with Crippen molar-refractivity contribution in [1.29, 1.82) is 0 Å². The highest BCUT2D eigenvalue weighted by Gasteiger charge is 2.23. The molecule has 5 heterocycles. The molecule has 0 amide bonds. The summed E-state index contributed by atoms with van der Waals surface area (Å²) in [6, 6.07) is 41.5. The van der Waals surface area contributed by atoms with Gasteiger partial charge in [-0.05, 0) is 24.3 Å². The molecular formula is C39H30N4Si. The van der Waals surface area contributed by atoms with E-state index in [1.807, 2.05) is 0 Å². The van der Waals surface area contributed by atoms with Crippen molar-refractivity contribution >= 4 is 56.9 Å². The highest BCUT2D eigenvalue weighted by molar-refractivity contribution is 6.88. The van der Waals surface area contributed by atoms with Crippen LogP contribution in [0.1, 0.15) is 0 Å². The van der Waals surface area contributed by atoms with Gasteiger partial charge in [0.05, 0.1) is 30.8 Å². The molecule has 4 aromatic carbocycles. The molecule has 44 heavy (non-hydrogen) atoms. The van der Waals surface area contributed by atoms with E-state index in [1.165, 1.54) is 37.9 Å². The van der Waals surface area contributed by atoms with Crippen LogP contribution in [0.2, 0.25) is 19.6 Å². The topological polar surface area (TPSA) is 57.4 Å². The highest BCUT2D eigenvalue weighted by atomic mass is 28.3. The Morgan fingerprint density at radius 1 is 0.409 bits per heavy atom. The van der Waals surface area contributed by atoms with Crippen molar-refractivity contribution in [2.45, 2.75) is 19.6 Å². The van der Waals surface area contributed by atoms with E-state index >= 15 is 0 Å². The van der Waals surface area contributed by atoms with Crippen molar-refractivity contribution in [1.82, 2.24) is 19.9 Å². The van der Waals surface area contributed by atoms with E-state index in [1.54, 1.807) is 0 Å². The first kappa shape index (κ1) is 25.3. The standard InChI is InChI=1S/C39H30N4Si/c1-44(2,3)23-16-17-30-31(18-23)39-22-37-29-15-9-8-14-28(29)35(42-37)20-33-25-11-5-4-10-24(25)32(40-33)19-34-26-12-6-7-13-27(26)36(41-34)21-38(30)43-39/h4-22,41-42H,1-3H3. The van der Waals surface area contributed by atoms with Crippen LogP contribution in [0.15, 0.2) is 115 Å². The van der Waals surface area contributed by atoms with Crippen LogP contribution in [0.5, 0.6) is 0 Å². The van der Waals surface area contributed by atoms with Gasteiger partial charge in [-0.3, -0.25) is 0 Å². The molecule has 0 unspecified atom stereocenters. The van der Waals surface area contributed by atoms with E-state index in [0.717, 1.165) is 56.0 Å². The zero-order valence-electron chi connectivity index (χ0n) is 24.9. The quantitative estimate of drug-likeness (QED) is 0.189. The average molecular weight is 583 g/mol. The Morgan fingerprint density at radius 2 is 0.773 bits per heavy atom. The SMILES string of the molecule is C[Si](C)(C)c1ccc2c(c1)-c1cc3[nH]c(cc4nc(cc5[nH]c(cc-2n1)c1ccccc51)-c1ccccc1-4)c1ccccc31. The van der Waals surface area contributed by atoms with Crippen molar-refractivity contribution in [3.63, 3.8) is 0 Å². The number of aromatic nitrogens is 4. The van der Waals surface area contributed by atoms with E-state index in [9.17, 15) is 0 Å². The molecule has 8 bridgehead atoms. The molecule has 7 aromatic rings. The minimum Gasteiger partial charge on any atom is -0.354 e. The summed E-state index contributed by atoms with van der Waals surface area (Å²) in [6.07, 6.45) is 0. The molecule has 0 saturated heterocycles. The Labute approximate surface area is 256 Å². The van der Waals surface area contributed by atoms with Gasteiger partial charge in [0.1, 0.15) is 0 Å². The maximum absolute atomic E-state index is 5.31. The van der Waals surface area contributed by atoms with E-state index in [-0.39, 0.29) is 0 Å². The van der Waals surface area contributed by atoms with Crippen LogP contribution < -0.4 is 5.19 Å². The molecule has 0 radical (unpaired) electrons. The number of fused-ring (bicyclic) bond motifs is 20. The fourth-order valence-electron chi connectivity index (χ4n) is 6.78. The fraction of sp³-hybridized carbons (Fsp3) is 0.0769. The van der Waals surface area contributed by atoms with Crippen LogP contribution in [0.4, 0.5) is 0 Å². The molecule has 4 nitrogen and oxygen atoms in total. The van der Waals surface area contributed by atoms with Gasteiger partial charge in [-0.2, -0.15) is 0 Å². The van der Waals surface area contributed by atoms with Crippen LogP contribution in [0.3, 0.4) is 0 Å². The van der Waals surface area contributed by atoms with Crippen molar-refractivity contribution in [2.24, 2.45) is 0 Å². The molecule has 2 aliphatic heterocycles. The van der Waals surface area contributed by atoms with Crippen LogP contribution in [0.25, 0.3) is 88.6 Å². The van der Waals surface area contributed by atoms with Crippen LogP contribution in [0, 0.1) is 0 Å². The van der Waals surface area contributed by atoms with E-state index in [0.29, 0.717) is 0 Å². The first-order chi connectivity index (χ1) is 21.4. The van der Waals surface area contributed by atoms with E-state index < -0.39 is 8.07 Å². The second kappa shape index (κ2) is 9.12. The highest BCUT2D eigenvalue weighted by Crippen LogP contribution is 2.40. The van der Waals surface area contributed by atoms with Gasteiger partial charge >= 0.3 is 0 Å². The minimum absolute atomic E-state index is 0.957. The summed E-state index contributed by atoms with van der Waals surface area (Å²) < 4.78 is 0. The van der Waals surface area contributed by atoms with Gasteiger partial charge in [0, 0.05) is 65.9 Å². The van der Waals surface area contributed by atoms with Crippen LogP contribution >= 0.6 is 0 Å². The number of hydrogen-bond donors (Lipinski definition) is 2. The normalized spacial score (nSPS) is 12.4. The summed E-state index contributed by atoms with van der Waals surface area (Å²) in [5.74, 6) is 0. The van der Waals surface area contributed by atoms with Gasteiger partial charge in [0.25, 0.3) is 0 Å². The van der Waals surface area contributed by atoms with Crippen molar-refractivity contribution in [2.75, 3.05) is 0 Å². The summed E-state index contributed by atoms with van der Waals surface area (Å²) in [6.45, 7) is 7.20. The summed E-state index contributed by atoms with van der Waals surface area (Å²) in [7, 11) is -1.54. The molecule has 210 valence electrons. The number of H-pyrrole nitrogens is 2. The summed E-state index contributed by atoms with van der Waals surface area (Å²) in [4.78, 5) is 18.0. The second-order valence-corrected chi connectivity index (χ2v) is 18.0. The minimum atomic E-state index is -1.54. The Balaban J connectivity index is 1.48. The zero-order chi connectivity index (χ0) is 29.6. The lowest BCUT2D eigenvalue weighted by Crippen LogP contribution is -2.37. The number of aromatic amines is 2. The molecule has 2 aliphatic rings. The number of nitrogens with zero attached hydrogens (tertiary/aromatic N) is 2. The van der Waals surface area contributed by atoms with E-state index in [4.69, 9.17) is 9.97 Å². The predicted molar refractivity (Wildman–Crippen MR) is 188 cm³/mol. The number of benzene rings is 4. The Kier molecular flexibility index (Phi) is 5.23. The van der Waals surface area contributed by atoms with Gasteiger partial charge in [0.2, 0.25) is 0 Å². The maximum atomic E-state index is 5.31. The Hall–Kier alpha value is -5.26. The monoisotopic (exact) mass is 582 g/mol. The first-order valence-electron chi connectivity index (χ1n) is 15.2. The molecule has 0 aliphatic carbocycles. The second-order valence-electron chi connectivity index (χ2n) is 12.9. The van der Waals surface area contributed by atoms with Crippen LogP contribution in [-0.2, 0) is 0 Å². The Morgan fingerprint density at radius 3 is 1.18 bits per heavy atom. The summed E-state index contributed by atoms with van der Waals surface area (Å²) >= 11 is 0. The molecule has 0 saturated carbocycles. The molecule has 0 spiro atoms. The lowest BCUT2D eigenvalue weighted by Gasteiger charge is -2.17. The average Bonchev–Trinajstić information content (AvgIpc) is 3.76. The summed E-state index contributed by atoms with van der Waals surface area (Å²) in [5.41, 5.74) is 12.7. The Bertz CT molecular complexity index is 2490. The number of nitrogens with one attached hydrogen (secondary N) is 2. The van der Waals surface area contributed by atoms with E-state index in [2.05, 4.69) is 145 Å². The summed E-state index contributed by atoms with van der Waals surface area (Å²) in [5, 5.41) is 6.12. The number of rotatable bonds is 1. The van der Waals surface area contributed by atoms with Gasteiger partial charge in [-0.15, -0.1) is 0 Å². The van der Waals surface area contributed by atoms with Gasteiger partial charge in [0.15, 0.2) is 0 Å². The number of hydrogen-bond acceptors (Lipinski definition) is 2. The lowest BCUT2D eigenvalue weighted by molar-refractivity contribution is 1.40. The molecular weight excluding hydrogens is 553 g/mol. The molecule has 2 N–H and O–H groups in total. The van der Waals surface area contributed by atoms with Crippen LogP contribution in [-0.4, -0.2) is 28.0 Å². The van der Waals surface area contributed by atoms with Crippen molar-refractivity contribution < 1.29 is 0 Å². The van der Waals surface area contributed by atoms with Gasteiger partial charge < -0.3 is 9.97 Å². The largest absolute Gasteiger partial charge is 0.354 e. The van der Waals surface area contributed by atoms with Gasteiger partial charge in [-0.25, -0.2) is 9.97 Å². The third kappa shape index (κ3) is 3.83. The molecule has 0 atom stereocenters. The van der Waals surface area contributed by atoms with Gasteiger partial charge in [-0.1, -0.05) is 116 Å². The molecule has 3 aromatic heterocycles. The van der Waals surface area contributed by atoms with Crippen molar-refractivity contribution in [3.05, 3.63) is 115 Å². The lowest BCUT2D eigenvalue weighted by atomic mass is 10.0. The third-order valence-corrected chi connectivity index (χ3v) is 11.1. The zero-order valence-corrected chi connectivity index (χ0v) is 25.9. The molecule has 9 rings (SSSR count). The van der Waals surface area contributed by atoms with Crippen molar-refractivity contribution in [3.8, 4) is 45.0 Å². The fourth-order valence-corrected chi connectivity index (χ4v) is 7.94. The first-order valence-corrected chi connectivity index (χ1v) is 18.7. The smallest absolute Gasteiger partial charge is 0.0776 e. The maximum Gasteiger partial charge on any atom is 0.0776 e.